The van der Waals surface area contributed by atoms with E-state index in [0.29, 0.717) is 5.41 Å². The van der Waals surface area contributed by atoms with Crippen LogP contribution in [0.3, 0.4) is 0 Å². The van der Waals surface area contributed by atoms with Gasteiger partial charge in [-0.1, -0.05) is 20.3 Å². The number of rotatable bonds is 6. The second-order valence-corrected chi connectivity index (χ2v) is 3.66. The molecular formula is C9H22N2. The predicted octanol–water partition coefficient (Wildman–Crippen LogP) is 1.49. The van der Waals surface area contributed by atoms with Crippen molar-refractivity contribution in [2.24, 2.45) is 16.9 Å². The first-order chi connectivity index (χ1) is 5.18. The molecule has 0 aliphatic rings. The SMILES string of the molecule is CCCC(C)(CN)CCCN. The summed E-state index contributed by atoms with van der Waals surface area (Å²) >= 11 is 0. The van der Waals surface area contributed by atoms with Gasteiger partial charge in [0.25, 0.3) is 0 Å². The maximum Gasteiger partial charge on any atom is -0.00232 e. The molecule has 0 saturated heterocycles. The number of nitrogens with two attached hydrogens (primary N) is 2. The molecule has 2 heteroatoms. The minimum Gasteiger partial charge on any atom is -0.330 e. The molecule has 0 bridgehead atoms. The molecule has 0 rings (SSSR count). The third-order valence-electron chi connectivity index (χ3n) is 2.33. The summed E-state index contributed by atoms with van der Waals surface area (Å²) in [5, 5.41) is 0. The van der Waals surface area contributed by atoms with E-state index in [0.717, 1.165) is 19.5 Å². The van der Waals surface area contributed by atoms with E-state index >= 15 is 0 Å². The third kappa shape index (κ3) is 4.38. The van der Waals surface area contributed by atoms with Gasteiger partial charge in [-0.15, -0.1) is 0 Å². The van der Waals surface area contributed by atoms with Gasteiger partial charge in [0.05, 0.1) is 0 Å². The van der Waals surface area contributed by atoms with Crippen molar-refractivity contribution in [1.82, 2.24) is 0 Å². The van der Waals surface area contributed by atoms with Crippen molar-refractivity contribution in [3.05, 3.63) is 0 Å². The lowest BCUT2D eigenvalue weighted by molar-refractivity contribution is 0.274. The van der Waals surface area contributed by atoms with Gasteiger partial charge in [-0.25, -0.2) is 0 Å². The van der Waals surface area contributed by atoms with Gasteiger partial charge in [-0.3, -0.25) is 0 Å². The average molecular weight is 158 g/mol. The molecule has 0 heterocycles. The topological polar surface area (TPSA) is 52.0 Å². The first-order valence-corrected chi connectivity index (χ1v) is 4.58. The third-order valence-corrected chi connectivity index (χ3v) is 2.33. The molecule has 0 aromatic rings. The van der Waals surface area contributed by atoms with Crippen LogP contribution in [0.15, 0.2) is 0 Å². The van der Waals surface area contributed by atoms with E-state index in [-0.39, 0.29) is 0 Å². The first kappa shape index (κ1) is 10.9. The predicted molar refractivity (Wildman–Crippen MR) is 50.4 cm³/mol. The normalized spacial score (nSPS) is 16.4. The van der Waals surface area contributed by atoms with Gasteiger partial charge < -0.3 is 11.5 Å². The zero-order valence-corrected chi connectivity index (χ0v) is 7.90. The minimum atomic E-state index is 0.341. The molecule has 0 aliphatic carbocycles. The fraction of sp³-hybridized carbons (Fsp3) is 1.00. The van der Waals surface area contributed by atoms with E-state index in [1.165, 1.54) is 19.3 Å². The molecule has 0 spiro atoms. The molecule has 1 atom stereocenters. The number of hydrogen-bond donors (Lipinski definition) is 2. The number of hydrogen-bond acceptors (Lipinski definition) is 2. The Labute approximate surface area is 70.3 Å². The molecule has 0 saturated carbocycles. The highest BCUT2D eigenvalue weighted by atomic mass is 14.6. The van der Waals surface area contributed by atoms with Crippen LogP contribution in [0.1, 0.15) is 39.5 Å². The van der Waals surface area contributed by atoms with Crippen molar-refractivity contribution >= 4 is 0 Å². The van der Waals surface area contributed by atoms with Crippen molar-refractivity contribution in [1.29, 1.82) is 0 Å². The van der Waals surface area contributed by atoms with E-state index in [4.69, 9.17) is 11.5 Å². The highest BCUT2D eigenvalue weighted by Gasteiger charge is 2.19. The molecule has 0 aromatic carbocycles. The molecule has 0 aromatic heterocycles. The average Bonchev–Trinajstić information content (AvgIpc) is 2.02. The van der Waals surface area contributed by atoms with Gasteiger partial charge in [0, 0.05) is 0 Å². The fourth-order valence-corrected chi connectivity index (χ4v) is 1.46. The Bertz CT molecular complexity index is 93.6. The standard InChI is InChI=1S/C9H22N2/c1-3-5-9(2,8-11)6-4-7-10/h3-8,10-11H2,1-2H3. The van der Waals surface area contributed by atoms with Crippen LogP contribution < -0.4 is 11.5 Å². The maximum atomic E-state index is 5.69. The molecule has 0 radical (unpaired) electrons. The zero-order valence-electron chi connectivity index (χ0n) is 7.90. The Hall–Kier alpha value is -0.0800. The summed E-state index contributed by atoms with van der Waals surface area (Å²) in [5.41, 5.74) is 11.5. The monoisotopic (exact) mass is 158 g/mol. The second-order valence-electron chi connectivity index (χ2n) is 3.66. The first-order valence-electron chi connectivity index (χ1n) is 4.58. The highest BCUT2D eigenvalue weighted by molar-refractivity contribution is 4.74. The molecule has 11 heavy (non-hydrogen) atoms. The van der Waals surface area contributed by atoms with Crippen LogP contribution in [0.5, 0.6) is 0 Å². The molecule has 1 unspecified atom stereocenters. The maximum absolute atomic E-state index is 5.69. The minimum absolute atomic E-state index is 0.341. The Balaban J connectivity index is 3.68. The van der Waals surface area contributed by atoms with E-state index in [2.05, 4.69) is 13.8 Å². The summed E-state index contributed by atoms with van der Waals surface area (Å²) in [4.78, 5) is 0. The lowest BCUT2D eigenvalue weighted by atomic mass is 9.81. The van der Waals surface area contributed by atoms with Gasteiger partial charge in [0.1, 0.15) is 0 Å². The van der Waals surface area contributed by atoms with Crippen molar-refractivity contribution in [2.45, 2.75) is 39.5 Å². The summed E-state index contributed by atoms with van der Waals surface area (Å²) in [6, 6.07) is 0. The Morgan fingerprint density at radius 1 is 1.18 bits per heavy atom. The van der Waals surface area contributed by atoms with Crippen LogP contribution in [0.2, 0.25) is 0 Å². The molecule has 68 valence electrons. The Morgan fingerprint density at radius 2 is 1.82 bits per heavy atom. The van der Waals surface area contributed by atoms with Crippen LogP contribution in [0.25, 0.3) is 0 Å². The van der Waals surface area contributed by atoms with Crippen LogP contribution in [0.4, 0.5) is 0 Å². The summed E-state index contributed by atoms with van der Waals surface area (Å²) in [6.45, 7) is 6.04. The van der Waals surface area contributed by atoms with Crippen LogP contribution in [-0.4, -0.2) is 13.1 Å². The van der Waals surface area contributed by atoms with E-state index < -0.39 is 0 Å². The van der Waals surface area contributed by atoms with Gasteiger partial charge >= 0.3 is 0 Å². The quantitative estimate of drug-likeness (QED) is 0.615. The molecule has 2 nitrogen and oxygen atoms in total. The summed E-state index contributed by atoms with van der Waals surface area (Å²) < 4.78 is 0. The van der Waals surface area contributed by atoms with Gasteiger partial charge in [-0.05, 0) is 37.8 Å². The lowest BCUT2D eigenvalue weighted by Crippen LogP contribution is -2.27. The summed E-state index contributed by atoms with van der Waals surface area (Å²) in [5.74, 6) is 0. The van der Waals surface area contributed by atoms with Crippen LogP contribution in [-0.2, 0) is 0 Å². The Kier molecular flexibility index (Phi) is 5.51. The molecule has 0 amide bonds. The largest absolute Gasteiger partial charge is 0.330 e. The molecule has 4 N–H and O–H groups in total. The highest BCUT2D eigenvalue weighted by Crippen LogP contribution is 2.27. The van der Waals surface area contributed by atoms with Crippen molar-refractivity contribution in [2.75, 3.05) is 13.1 Å². The summed E-state index contributed by atoms with van der Waals surface area (Å²) in [6.07, 6.45) is 4.73. The van der Waals surface area contributed by atoms with E-state index in [1.54, 1.807) is 0 Å². The van der Waals surface area contributed by atoms with Crippen molar-refractivity contribution in [3.8, 4) is 0 Å². The zero-order chi connectivity index (χ0) is 8.74. The van der Waals surface area contributed by atoms with E-state index in [1.807, 2.05) is 0 Å². The van der Waals surface area contributed by atoms with Gasteiger partial charge in [0.2, 0.25) is 0 Å². The summed E-state index contributed by atoms with van der Waals surface area (Å²) in [7, 11) is 0. The van der Waals surface area contributed by atoms with Crippen LogP contribution in [0, 0.1) is 5.41 Å². The molecule has 0 aliphatic heterocycles. The van der Waals surface area contributed by atoms with Gasteiger partial charge in [0.15, 0.2) is 0 Å². The van der Waals surface area contributed by atoms with Gasteiger partial charge in [-0.2, -0.15) is 0 Å². The fourth-order valence-electron chi connectivity index (χ4n) is 1.46. The second kappa shape index (κ2) is 5.56. The van der Waals surface area contributed by atoms with Crippen LogP contribution >= 0.6 is 0 Å². The smallest absolute Gasteiger partial charge is 0.00232 e. The van der Waals surface area contributed by atoms with Crippen molar-refractivity contribution in [3.63, 3.8) is 0 Å². The van der Waals surface area contributed by atoms with E-state index in [9.17, 15) is 0 Å². The molecular weight excluding hydrogens is 136 g/mol. The van der Waals surface area contributed by atoms with Crippen molar-refractivity contribution < 1.29 is 0 Å². The molecule has 0 fully saturated rings. The lowest BCUT2D eigenvalue weighted by Gasteiger charge is -2.27. The Morgan fingerprint density at radius 3 is 2.18 bits per heavy atom.